The van der Waals surface area contributed by atoms with Crippen molar-refractivity contribution in [3.8, 4) is 5.75 Å². The topological polar surface area (TPSA) is 37.3 Å². The van der Waals surface area contributed by atoms with Crippen LogP contribution in [0.2, 0.25) is 0 Å². The van der Waals surface area contributed by atoms with E-state index in [1.807, 2.05) is 72.8 Å². The van der Waals surface area contributed by atoms with Crippen molar-refractivity contribution in [2.45, 2.75) is 0 Å². The van der Waals surface area contributed by atoms with Crippen LogP contribution in [-0.2, 0) is 0 Å². The molecule has 0 heterocycles. The summed E-state index contributed by atoms with van der Waals surface area (Å²) >= 11 is 0. The Labute approximate surface area is 145 Å². The van der Waals surface area contributed by atoms with Gasteiger partial charge in [0.15, 0.2) is 5.78 Å². The van der Waals surface area contributed by atoms with Gasteiger partial charge >= 0.3 is 0 Å². The number of rotatable bonds is 3. The Kier molecular flexibility index (Phi) is 3.79. The number of carbonyl (C=O) groups is 1. The molecule has 4 aromatic rings. The molecular formula is C23H16O2. The Balaban J connectivity index is 1.77. The largest absolute Gasteiger partial charge is 0.507 e. The van der Waals surface area contributed by atoms with Gasteiger partial charge < -0.3 is 5.11 Å². The van der Waals surface area contributed by atoms with Gasteiger partial charge in [-0.25, -0.2) is 0 Å². The van der Waals surface area contributed by atoms with Crippen LogP contribution in [0.15, 0.2) is 84.9 Å². The summed E-state index contributed by atoms with van der Waals surface area (Å²) in [4.78, 5) is 12.7. The Bertz CT molecular complexity index is 1120. The third-order valence-electron chi connectivity index (χ3n) is 4.40. The maximum atomic E-state index is 12.7. The maximum absolute atomic E-state index is 12.7. The predicted octanol–water partition coefficient (Wildman–Crippen LogP) is 5.59. The highest BCUT2D eigenvalue weighted by Crippen LogP contribution is 2.28. The minimum absolute atomic E-state index is 0.0795. The van der Waals surface area contributed by atoms with Crippen molar-refractivity contribution in [2.24, 2.45) is 0 Å². The molecule has 4 rings (SSSR count). The van der Waals surface area contributed by atoms with E-state index in [4.69, 9.17) is 0 Å². The molecule has 0 amide bonds. The summed E-state index contributed by atoms with van der Waals surface area (Å²) in [6.45, 7) is 0. The van der Waals surface area contributed by atoms with Crippen LogP contribution < -0.4 is 0 Å². The number of aromatic hydroxyl groups is 1. The number of carbonyl (C=O) groups excluding carboxylic acids is 1. The summed E-state index contributed by atoms with van der Waals surface area (Å²) in [5.41, 5.74) is 1.32. The molecule has 2 nitrogen and oxygen atoms in total. The second kappa shape index (κ2) is 6.25. The zero-order valence-corrected chi connectivity index (χ0v) is 13.5. The Morgan fingerprint density at radius 2 is 1.36 bits per heavy atom. The van der Waals surface area contributed by atoms with Crippen LogP contribution in [0, 0.1) is 0 Å². The van der Waals surface area contributed by atoms with Crippen molar-refractivity contribution < 1.29 is 9.90 Å². The standard InChI is InChI=1S/C23H16O2/c24-22-14-12-17-7-2-4-10-19(17)21(22)13-15-23(25)20-11-5-8-16-6-1-3-9-18(16)20/h1-15,24H/b15-13+. The first kappa shape index (κ1) is 15.2. The Hall–Kier alpha value is -3.39. The molecule has 0 aliphatic carbocycles. The second-order valence-electron chi connectivity index (χ2n) is 5.94. The SMILES string of the molecule is O=C(/C=C/c1c(O)ccc2ccccc12)c1cccc2ccccc12. The molecule has 25 heavy (non-hydrogen) atoms. The number of phenols is 1. The first-order valence-corrected chi connectivity index (χ1v) is 8.15. The van der Waals surface area contributed by atoms with Crippen molar-refractivity contribution in [1.29, 1.82) is 0 Å². The molecule has 0 aliphatic rings. The zero-order chi connectivity index (χ0) is 17.2. The molecule has 120 valence electrons. The molecule has 4 aromatic carbocycles. The Morgan fingerprint density at radius 3 is 2.16 bits per heavy atom. The van der Waals surface area contributed by atoms with Crippen molar-refractivity contribution in [3.05, 3.63) is 96.1 Å². The molecule has 2 heteroatoms. The quantitative estimate of drug-likeness (QED) is 0.394. The van der Waals surface area contributed by atoms with E-state index in [2.05, 4.69) is 0 Å². The number of hydrogen-bond acceptors (Lipinski definition) is 2. The third kappa shape index (κ3) is 2.79. The highest BCUT2D eigenvalue weighted by atomic mass is 16.3. The number of fused-ring (bicyclic) bond motifs is 2. The smallest absolute Gasteiger partial charge is 0.186 e. The van der Waals surface area contributed by atoms with Gasteiger partial charge in [-0.1, -0.05) is 72.8 Å². The molecule has 0 saturated carbocycles. The number of ketones is 1. The molecular weight excluding hydrogens is 308 g/mol. The molecule has 0 unspecified atom stereocenters. The number of benzene rings is 4. The lowest BCUT2D eigenvalue weighted by Gasteiger charge is -2.06. The van der Waals surface area contributed by atoms with E-state index in [1.54, 1.807) is 12.1 Å². The Morgan fingerprint density at radius 1 is 0.720 bits per heavy atom. The lowest BCUT2D eigenvalue weighted by atomic mass is 9.99. The second-order valence-corrected chi connectivity index (χ2v) is 5.94. The van der Waals surface area contributed by atoms with E-state index in [0.717, 1.165) is 21.5 Å². The van der Waals surface area contributed by atoms with Crippen molar-refractivity contribution in [1.82, 2.24) is 0 Å². The average molecular weight is 324 g/mol. The van der Waals surface area contributed by atoms with Crippen LogP contribution in [0.4, 0.5) is 0 Å². The highest BCUT2D eigenvalue weighted by Gasteiger charge is 2.08. The lowest BCUT2D eigenvalue weighted by Crippen LogP contribution is -1.95. The molecule has 0 atom stereocenters. The monoisotopic (exact) mass is 324 g/mol. The summed E-state index contributed by atoms with van der Waals surface area (Å²) in [5.74, 6) is 0.0878. The fraction of sp³-hybridized carbons (Fsp3) is 0. The van der Waals surface area contributed by atoms with Gasteiger partial charge in [0.25, 0.3) is 0 Å². The molecule has 0 aromatic heterocycles. The van der Waals surface area contributed by atoms with Gasteiger partial charge in [-0.15, -0.1) is 0 Å². The van der Waals surface area contributed by atoms with Crippen LogP contribution in [-0.4, -0.2) is 10.9 Å². The third-order valence-corrected chi connectivity index (χ3v) is 4.40. The highest BCUT2D eigenvalue weighted by molar-refractivity contribution is 6.15. The van der Waals surface area contributed by atoms with E-state index >= 15 is 0 Å². The minimum atomic E-state index is -0.0795. The van der Waals surface area contributed by atoms with E-state index in [0.29, 0.717) is 11.1 Å². The minimum Gasteiger partial charge on any atom is -0.507 e. The van der Waals surface area contributed by atoms with Gasteiger partial charge in [0.1, 0.15) is 5.75 Å². The van der Waals surface area contributed by atoms with Crippen molar-refractivity contribution in [2.75, 3.05) is 0 Å². The van der Waals surface area contributed by atoms with Crippen LogP contribution >= 0.6 is 0 Å². The first-order valence-electron chi connectivity index (χ1n) is 8.15. The molecule has 0 saturated heterocycles. The zero-order valence-electron chi connectivity index (χ0n) is 13.5. The van der Waals surface area contributed by atoms with Crippen LogP contribution in [0.3, 0.4) is 0 Å². The van der Waals surface area contributed by atoms with Crippen molar-refractivity contribution in [3.63, 3.8) is 0 Å². The number of phenolic OH excluding ortho intramolecular Hbond substituents is 1. The fourth-order valence-electron chi connectivity index (χ4n) is 3.15. The van der Waals surface area contributed by atoms with Crippen LogP contribution in [0.1, 0.15) is 15.9 Å². The summed E-state index contributed by atoms with van der Waals surface area (Å²) < 4.78 is 0. The van der Waals surface area contributed by atoms with E-state index in [-0.39, 0.29) is 11.5 Å². The normalized spacial score (nSPS) is 11.4. The maximum Gasteiger partial charge on any atom is 0.186 e. The van der Waals surface area contributed by atoms with Gasteiger partial charge in [0.05, 0.1) is 0 Å². The summed E-state index contributed by atoms with van der Waals surface area (Å²) in [7, 11) is 0. The van der Waals surface area contributed by atoms with Gasteiger partial charge in [0, 0.05) is 11.1 Å². The lowest BCUT2D eigenvalue weighted by molar-refractivity contribution is 0.104. The van der Waals surface area contributed by atoms with Crippen molar-refractivity contribution >= 4 is 33.4 Å². The molecule has 0 spiro atoms. The fourth-order valence-corrected chi connectivity index (χ4v) is 3.15. The molecule has 1 N–H and O–H groups in total. The summed E-state index contributed by atoms with van der Waals surface area (Å²) in [5, 5.41) is 14.1. The molecule has 0 radical (unpaired) electrons. The first-order chi connectivity index (χ1) is 12.2. The summed E-state index contributed by atoms with van der Waals surface area (Å²) in [6.07, 6.45) is 3.23. The van der Waals surface area contributed by atoms with Crippen LogP contribution in [0.5, 0.6) is 5.75 Å². The van der Waals surface area contributed by atoms with Gasteiger partial charge in [-0.05, 0) is 39.8 Å². The van der Waals surface area contributed by atoms with E-state index in [9.17, 15) is 9.90 Å². The number of hydrogen-bond donors (Lipinski definition) is 1. The predicted molar refractivity (Wildman–Crippen MR) is 103 cm³/mol. The van der Waals surface area contributed by atoms with Crippen LogP contribution in [0.25, 0.3) is 27.6 Å². The van der Waals surface area contributed by atoms with Gasteiger partial charge in [-0.3, -0.25) is 4.79 Å². The molecule has 0 aliphatic heterocycles. The average Bonchev–Trinajstić information content (AvgIpc) is 2.66. The van der Waals surface area contributed by atoms with E-state index in [1.165, 1.54) is 6.08 Å². The molecule has 0 fully saturated rings. The van der Waals surface area contributed by atoms with Gasteiger partial charge in [-0.2, -0.15) is 0 Å². The molecule has 0 bridgehead atoms. The summed E-state index contributed by atoms with van der Waals surface area (Å²) in [6, 6.07) is 24.9. The van der Waals surface area contributed by atoms with E-state index < -0.39 is 0 Å². The van der Waals surface area contributed by atoms with Gasteiger partial charge in [0.2, 0.25) is 0 Å². The number of allylic oxidation sites excluding steroid dienone is 1.